The predicted molar refractivity (Wildman–Crippen MR) is 74.3 cm³/mol. The van der Waals surface area contributed by atoms with Gasteiger partial charge in [-0.05, 0) is 34.8 Å². The quantitative estimate of drug-likeness (QED) is 0.828. The van der Waals surface area contributed by atoms with Crippen LogP contribution in [0.3, 0.4) is 0 Å². The van der Waals surface area contributed by atoms with E-state index < -0.39 is 10.0 Å². The first kappa shape index (κ1) is 13.7. The lowest BCUT2D eigenvalue weighted by atomic mass is 9.88. The molecule has 9 heteroatoms. The summed E-state index contributed by atoms with van der Waals surface area (Å²) in [6.07, 6.45) is 7.86. The van der Waals surface area contributed by atoms with Gasteiger partial charge in [-0.15, -0.1) is 0 Å². The molecule has 0 unspecified atom stereocenters. The summed E-state index contributed by atoms with van der Waals surface area (Å²) in [5, 5.41) is 3.94. The molecule has 1 N–H and O–H groups in total. The highest BCUT2D eigenvalue weighted by Crippen LogP contribution is 2.32. The number of hydrogen-bond donors (Lipinski definition) is 1. The summed E-state index contributed by atoms with van der Waals surface area (Å²) in [5.41, 5.74) is 0. The Morgan fingerprint density at radius 3 is 2.60 bits per heavy atom. The zero-order chi connectivity index (χ0) is 14.2. The van der Waals surface area contributed by atoms with Crippen LogP contribution in [-0.2, 0) is 10.0 Å². The summed E-state index contributed by atoms with van der Waals surface area (Å²) < 4.78 is 29.2. The standard InChI is InChI=1S/C11H12BrN5O2S/c12-8-6-13-11(14-7-8)20(18,19)16-9-4-10(5-9)17-3-1-2-15-17/h1-3,6-7,9-10,16H,4-5H2. The molecule has 20 heavy (non-hydrogen) atoms. The van der Waals surface area contributed by atoms with Crippen LogP contribution in [0.5, 0.6) is 0 Å². The summed E-state index contributed by atoms with van der Waals surface area (Å²) in [5.74, 6) is 0. The van der Waals surface area contributed by atoms with E-state index >= 15 is 0 Å². The van der Waals surface area contributed by atoms with E-state index in [1.165, 1.54) is 12.4 Å². The SMILES string of the molecule is O=S(=O)(NC1CC(n2cccn2)C1)c1ncc(Br)cn1. The largest absolute Gasteiger partial charge is 0.276 e. The number of nitrogens with one attached hydrogen (secondary N) is 1. The number of nitrogens with zero attached hydrogens (tertiary/aromatic N) is 4. The lowest BCUT2D eigenvalue weighted by Crippen LogP contribution is -2.45. The molecule has 0 bridgehead atoms. The normalized spacial score (nSPS) is 22.4. The average molecular weight is 358 g/mol. The molecule has 0 atom stereocenters. The third-order valence-corrected chi connectivity index (χ3v) is 4.92. The molecule has 0 spiro atoms. The van der Waals surface area contributed by atoms with Crippen molar-refractivity contribution in [3.05, 3.63) is 35.3 Å². The molecule has 1 aliphatic rings. The van der Waals surface area contributed by atoms with Crippen molar-refractivity contribution in [3.8, 4) is 0 Å². The summed E-state index contributed by atoms with van der Waals surface area (Å²) >= 11 is 3.17. The maximum absolute atomic E-state index is 12.1. The summed E-state index contributed by atoms with van der Waals surface area (Å²) in [4.78, 5) is 7.61. The van der Waals surface area contributed by atoms with Crippen LogP contribution in [0.25, 0.3) is 0 Å². The van der Waals surface area contributed by atoms with Crippen molar-refractivity contribution in [1.82, 2.24) is 24.5 Å². The molecule has 0 radical (unpaired) electrons. The maximum Gasteiger partial charge on any atom is 0.276 e. The molecular weight excluding hydrogens is 346 g/mol. The van der Waals surface area contributed by atoms with Crippen molar-refractivity contribution in [3.63, 3.8) is 0 Å². The van der Waals surface area contributed by atoms with Crippen LogP contribution >= 0.6 is 15.9 Å². The van der Waals surface area contributed by atoms with Crippen LogP contribution in [0.2, 0.25) is 0 Å². The van der Waals surface area contributed by atoms with Crippen LogP contribution in [0.1, 0.15) is 18.9 Å². The molecular formula is C11H12BrN5O2S. The summed E-state index contributed by atoms with van der Waals surface area (Å²) in [7, 11) is -3.65. The Kier molecular flexibility index (Phi) is 3.57. The molecule has 7 nitrogen and oxygen atoms in total. The molecule has 0 saturated heterocycles. The third-order valence-electron chi connectivity index (χ3n) is 3.17. The number of halogens is 1. The molecule has 3 rings (SSSR count). The molecule has 2 heterocycles. The fourth-order valence-electron chi connectivity index (χ4n) is 2.11. The van der Waals surface area contributed by atoms with Crippen LogP contribution in [0, 0.1) is 0 Å². The highest BCUT2D eigenvalue weighted by atomic mass is 79.9. The first-order chi connectivity index (χ1) is 9.54. The van der Waals surface area contributed by atoms with E-state index in [1.54, 1.807) is 6.20 Å². The van der Waals surface area contributed by atoms with Gasteiger partial charge >= 0.3 is 0 Å². The monoisotopic (exact) mass is 357 g/mol. The van der Waals surface area contributed by atoms with E-state index in [-0.39, 0.29) is 17.2 Å². The fourth-order valence-corrected chi connectivity index (χ4v) is 3.43. The van der Waals surface area contributed by atoms with Crippen molar-refractivity contribution < 1.29 is 8.42 Å². The van der Waals surface area contributed by atoms with Gasteiger partial charge in [0.1, 0.15) is 0 Å². The van der Waals surface area contributed by atoms with Gasteiger partial charge in [-0.3, -0.25) is 4.68 Å². The highest BCUT2D eigenvalue weighted by molar-refractivity contribution is 9.10. The van der Waals surface area contributed by atoms with Gasteiger partial charge in [0.05, 0.1) is 10.5 Å². The van der Waals surface area contributed by atoms with Crippen molar-refractivity contribution in [2.24, 2.45) is 0 Å². The second kappa shape index (κ2) is 5.23. The smallest absolute Gasteiger partial charge is 0.270 e. The van der Waals surface area contributed by atoms with Crippen LogP contribution in [0.15, 0.2) is 40.5 Å². The van der Waals surface area contributed by atoms with E-state index in [4.69, 9.17) is 0 Å². The topological polar surface area (TPSA) is 89.8 Å². The Labute approximate surface area is 124 Å². The first-order valence-corrected chi connectivity index (χ1v) is 8.31. The fraction of sp³-hybridized carbons (Fsp3) is 0.364. The lowest BCUT2D eigenvalue weighted by molar-refractivity contribution is 0.232. The zero-order valence-electron chi connectivity index (χ0n) is 10.3. The van der Waals surface area contributed by atoms with E-state index in [2.05, 4.69) is 35.7 Å². The molecule has 106 valence electrons. The van der Waals surface area contributed by atoms with E-state index in [1.807, 2.05) is 16.9 Å². The van der Waals surface area contributed by atoms with Crippen LogP contribution in [-0.4, -0.2) is 34.2 Å². The Morgan fingerprint density at radius 1 is 1.30 bits per heavy atom. The summed E-state index contributed by atoms with van der Waals surface area (Å²) in [6.45, 7) is 0. The molecule has 0 aliphatic heterocycles. The van der Waals surface area contributed by atoms with Crippen molar-refractivity contribution in [2.45, 2.75) is 30.1 Å². The molecule has 1 fully saturated rings. The van der Waals surface area contributed by atoms with E-state index in [0.29, 0.717) is 4.47 Å². The van der Waals surface area contributed by atoms with Crippen molar-refractivity contribution in [2.75, 3.05) is 0 Å². The lowest BCUT2D eigenvalue weighted by Gasteiger charge is -2.35. The van der Waals surface area contributed by atoms with Gasteiger partial charge in [0.2, 0.25) is 0 Å². The Hall–Kier alpha value is -1.32. The van der Waals surface area contributed by atoms with Gasteiger partial charge in [-0.2, -0.15) is 5.10 Å². The van der Waals surface area contributed by atoms with Gasteiger partial charge in [-0.25, -0.2) is 23.1 Å². The Bertz CT molecular complexity index is 680. The second-order valence-electron chi connectivity index (χ2n) is 4.61. The van der Waals surface area contributed by atoms with Crippen LogP contribution < -0.4 is 4.72 Å². The van der Waals surface area contributed by atoms with Gasteiger partial charge < -0.3 is 0 Å². The minimum Gasteiger partial charge on any atom is -0.270 e. The predicted octanol–water partition coefficient (Wildman–Crippen LogP) is 1.12. The minimum atomic E-state index is -3.65. The molecule has 0 aromatic carbocycles. The molecule has 2 aromatic heterocycles. The first-order valence-electron chi connectivity index (χ1n) is 6.03. The average Bonchev–Trinajstić information content (AvgIpc) is 2.87. The summed E-state index contributed by atoms with van der Waals surface area (Å²) in [6, 6.07) is 2.01. The molecule has 0 amide bonds. The van der Waals surface area contributed by atoms with Crippen LogP contribution in [0.4, 0.5) is 0 Å². The van der Waals surface area contributed by atoms with E-state index in [0.717, 1.165) is 12.8 Å². The van der Waals surface area contributed by atoms with Gasteiger partial charge in [-0.1, -0.05) is 0 Å². The number of aromatic nitrogens is 4. The Morgan fingerprint density at radius 2 is 2.00 bits per heavy atom. The van der Waals surface area contributed by atoms with Crippen molar-refractivity contribution >= 4 is 26.0 Å². The zero-order valence-corrected chi connectivity index (χ0v) is 12.7. The Balaban J connectivity index is 1.63. The molecule has 2 aromatic rings. The second-order valence-corrected chi connectivity index (χ2v) is 7.14. The van der Waals surface area contributed by atoms with Gasteiger partial charge in [0, 0.05) is 30.8 Å². The van der Waals surface area contributed by atoms with Gasteiger partial charge in [0.15, 0.2) is 0 Å². The highest BCUT2D eigenvalue weighted by Gasteiger charge is 2.34. The number of hydrogen-bond acceptors (Lipinski definition) is 5. The molecule has 1 saturated carbocycles. The minimum absolute atomic E-state index is 0.0959. The third kappa shape index (κ3) is 2.74. The van der Waals surface area contributed by atoms with E-state index in [9.17, 15) is 8.42 Å². The number of rotatable bonds is 4. The van der Waals surface area contributed by atoms with Gasteiger partial charge in [0.25, 0.3) is 15.2 Å². The maximum atomic E-state index is 12.1. The number of sulfonamides is 1. The van der Waals surface area contributed by atoms with Crippen molar-refractivity contribution in [1.29, 1.82) is 0 Å². The molecule has 1 aliphatic carbocycles.